The molecule has 3 amide bonds. The van der Waals surface area contributed by atoms with Gasteiger partial charge in [0.05, 0.1) is 17.8 Å². The number of hydrogen-bond acceptors (Lipinski definition) is 6. The van der Waals surface area contributed by atoms with Gasteiger partial charge >= 0.3 is 12.1 Å². The summed E-state index contributed by atoms with van der Waals surface area (Å²) >= 11 is 0. The first kappa shape index (κ1) is 31.8. The van der Waals surface area contributed by atoms with Crippen molar-refractivity contribution in [3.8, 4) is 0 Å². The Hall–Kier alpha value is -3.10. The van der Waals surface area contributed by atoms with Crippen LogP contribution in [-0.4, -0.2) is 47.6 Å². The molecule has 0 radical (unpaired) electrons. The van der Waals surface area contributed by atoms with Crippen molar-refractivity contribution in [3.63, 3.8) is 0 Å². The minimum atomic E-state index is -0.616. The van der Waals surface area contributed by atoms with Crippen molar-refractivity contribution in [3.05, 3.63) is 35.9 Å². The SMILES string of the molecule is CC(C)(C)OC(=O)N[C@H]1CCCC[C@@H]1C(=O)N[C@H]1CCCC[C@@H]1C(=O)N[C@H]1CCCC[C@@H]1C(=O)OCc1ccccc1. The standard InChI is InChI=1S/C33H49N3O6/c1-33(2,3)42-32(40)36-27-19-11-8-16-24(27)30(38)34-26-18-10-7-15-23(26)29(37)35-28-20-12-9-17-25(28)31(39)41-21-22-13-5-4-6-14-22/h4-6,13-14,23-28H,7-12,15-21H2,1-3H3,(H,34,38)(H,35,37)(H,36,40)/t23-,24-,25-,26-,27-,28-/m0/s1. The van der Waals surface area contributed by atoms with Gasteiger partial charge in [0.25, 0.3) is 0 Å². The van der Waals surface area contributed by atoms with Gasteiger partial charge in [0.2, 0.25) is 11.8 Å². The van der Waals surface area contributed by atoms with Crippen molar-refractivity contribution >= 4 is 23.9 Å². The average molecular weight is 584 g/mol. The van der Waals surface area contributed by atoms with Crippen LogP contribution in [0.25, 0.3) is 0 Å². The molecule has 3 N–H and O–H groups in total. The van der Waals surface area contributed by atoms with Crippen molar-refractivity contribution in [2.75, 3.05) is 0 Å². The van der Waals surface area contributed by atoms with Crippen LogP contribution in [0, 0.1) is 17.8 Å². The Kier molecular flexibility index (Phi) is 11.3. The summed E-state index contributed by atoms with van der Waals surface area (Å²) in [5, 5.41) is 9.31. The minimum absolute atomic E-state index is 0.0974. The van der Waals surface area contributed by atoms with E-state index < -0.39 is 11.7 Å². The Morgan fingerprint density at radius 1 is 0.667 bits per heavy atom. The summed E-state index contributed by atoms with van der Waals surface area (Å²) in [6, 6.07) is 8.76. The fourth-order valence-electron chi connectivity index (χ4n) is 6.69. The van der Waals surface area contributed by atoms with Gasteiger partial charge in [-0.05, 0) is 64.9 Å². The summed E-state index contributed by atoms with van der Waals surface area (Å²) in [7, 11) is 0. The second-order valence-electron chi connectivity index (χ2n) is 13.2. The van der Waals surface area contributed by atoms with Crippen molar-refractivity contribution < 1.29 is 28.7 Å². The maximum Gasteiger partial charge on any atom is 0.407 e. The summed E-state index contributed by atoms with van der Waals surface area (Å²) < 4.78 is 11.1. The minimum Gasteiger partial charge on any atom is -0.461 e. The van der Waals surface area contributed by atoms with E-state index in [1.165, 1.54) is 0 Å². The van der Waals surface area contributed by atoms with E-state index >= 15 is 0 Å². The third-order valence-electron chi connectivity index (χ3n) is 8.86. The summed E-state index contributed by atoms with van der Waals surface area (Å²) in [5.74, 6) is -1.56. The molecule has 6 atom stereocenters. The van der Waals surface area contributed by atoms with Crippen LogP contribution in [0.2, 0.25) is 0 Å². The van der Waals surface area contributed by atoms with E-state index in [0.717, 1.165) is 63.4 Å². The van der Waals surface area contributed by atoms with Crippen LogP contribution >= 0.6 is 0 Å². The summed E-state index contributed by atoms with van der Waals surface area (Å²) in [6.45, 7) is 5.66. The number of alkyl carbamates (subject to hydrolysis) is 1. The Balaban J connectivity index is 1.35. The molecule has 0 spiro atoms. The van der Waals surface area contributed by atoms with Gasteiger partial charge in [0.1, 0.15) is 12.2 Å². The van der Waals surface area contributed by atoms with Gasteiger partial charge in [-0.1, -0.05) is 68.9 Å². The molecule has 3 fully saturated rings. The zero-order chi connectivity index (χ0) is 30.1. The lowest BCUT2D eigenvalue weighted by Crippen LogP contribution is -2.55. The zero-order valence-corrected chi connectivity index (χ0v) is 25.5. The van der Waals surface area contributed by atoms with E-state index in [0.29, 0.717) is 19.3 Å². The number of rotatable bonds is 8. The van der Waals surface area contributed by atoms with Crippen LogP contribution in [0.3, 0.4) is 0 Å². The number of carbonyl (C=O) groups excluding carboxylic acids is 4. The fourth-order valence-corrected chi connectivity index (χ4v) is 6.69. The molecule has 0 bridgehead atoms. The molecule has 9 heteroatoms. The Labute approximate surface area is 250 Å². The van der Waals surface area contributed by atoms with Crippen LogP contribution in [-0.2, 0) is 30.5 Å². The topological polar surface area (TPSA) is 123 Å². The second-order valence-corrected chi connectivity index (χ2v) is 13.2. The van der Waals surface area contributed by atoms with Gasteiger partial charge in [0, 0.05) is 18.1 Å². The third kappa shape index (κ3) is 9.20. The van der Waals surface area contributed by atoms with Gasteiger partial charge in [0.15, 0.2) is 0 Å². The number of benzene rings is 1. The Morgan fingerprint density at radius 2 is 1.12 bits per heavy atom. The zero-order valence-electron chi connectivity index (χ0n) is 25.5. The maximum absolute atomic E-state index is 13.6. The molecule has 232 valence electrons. The average Bonchev–Trinajstić information content (AvgIpc) is 2.96. The number of carbonyl (C=O) groups is 4. The van der Waals surface area contributed by atoms with E-state index in [4.69, 9.17) is 9.47 Å². The van der Waals surface area contributed by atoms with Crippen molar-refractivity contribution in [2.24, 2.45) is 17.8 Å². The van der Waals surface area contributed by atoms with Gasteiger partial charge in [-0.2, -0.15) is 0 Å². The smallest absolute Gasteiger partial charge is 0.407 e. The first-order valence-electron chi connectivity index (χ1n) is 15.9. The molecule has 42 heavy (non-hydrogen) atoms. The molecule has 9 nitrogen and oxygen atoms in total. The third-order valence-corrected chi connectivity index (χ3v) is 8.86. The van der Waals surface area contributed by atoms with Crippen LogP contribution < -0.4 is 16.0 Å². The van der Waals surface area contributed by atoms with Gasteiger partial charge in [-0.15, -0.1) is 0 Å². The van der Waals surface area contributed by atoms with E-state index in [1.807, 2.05) is 51.1 Å². The van der Waals surface area contributed by atoms with Gasteiger partial charge < -0.3 is 25.4 Å². The Morgan fingerprint density at radius 3 is 1.64 bits per heavy atom. The largest absolute Gasteiger partial charge is 0.461 e. The van der Waals surface area contributed by atoms with E-state index in [1.54, 1.807) is 0 Å². The lowest BCUT2D eigenvalue weighted by Gasteiger charge is -2.37. The van der Waals surface area contributed by atoms with Crippen LogP contribution in [0.1, 0.15) is 103 Å². The number of ether oxygens (including phenoxy) is 2. The molecule has 3 saturated carbocycles. The molecule has 0 saturated heterocycles. The molecular weight excluding hydrogens is 534 g/mol. The maximum atomic E-state index is 13.6. The number of hydrogen-bond donors (Lipinski definition) is 3. The fraction of sp³-hybridized carbons (Fsp3) is 0.697. The number of nitrogens with one attached hydrogen (secondary N) is 3. The van der Waals surface area contributed by atoms with Crippen LogP contribution in [0.5, 0.6) is 0 Å². The number of esters is 1. The number of amides is 3. The molecule has 1 aromatic carbocycles. The van der Waals surface area contributed by atoms with Gasteiger partial charge in [-0.25, -0.2) is 4.79 Å². The first-order chi connectivity index (χ1) is 20.1. The van der Waals surface area contributed by atoms with E-state index in [2.05, 4.69) is 16.0 Å². The molecule has 0 heterocycles. The molecule has 0 aromatic heterocycles. The summed E-state index contributed by atoms with van der Waals surface area (Å²) in [4.78, 5) is 52.7. The van der Waals surface area contributed by atoms with Gasteiger partial charge in [-0.3, -0.25) is 14.4 Å². The lowest BCUT2D eigenvalue weighted by molar-refractivity contribution is -0.152. The summed E-state index contributed by atoms with van der Waals surface area (Å²) in [6.07, 6.45) is 9.35. The molecule has 0 aliphatic heterocycles. The molecule has 3 aliphatic rings. The predicted octanol–water partition coefficient (Wildman–Crippen LogP) is 5.16. The molecule has 1 aromatic rings. The normalized spacial score (nSPS) is 28.2. The van der Waals surface area contributed by atoms with Crippen LogP contribution in [0.15, 0.2) is 30.3 Å². The van der Waals surface area contributed by atoms with Crippen molar-refractivity contribution in [1.82, 2.24) is 16.0 Å². The summed E-state index contributed by atoms with van der Waals surface area (Å²) in [5.41, 5.74) is 0.319. The first-order valence-corrected chi connectivity index (χ1v) is 15.9. The molecule has 0 unspecified atom stereocenters. The Bertz CT molecular complexity index is 1070. The quantitative estimate of drug-likeness (QED) is 0.363. The predicted molar refractivity (Wildman–Crippen MR) is 159 cm³/mol. The lowest BCUT2D eigenvalue weighted by atomic mass is 9.80. The van der Waals surface area contributed by atoms with Crippen LogP contribution in [0.4, 0.5) is 4.79 Å². The van der Waals surface area contributed by atoms with E-state index in [-0.39, 0.29) is 60.3 Å². The highest BCUT2D eigenvalue weighted by Gasteiger charge is 2.40. The monoisotopic (exact) mass is 583 g/mol. The van der Waals surface area contributed by atoms with E-state index in [9.17, 15) is 19.2 Å². The highest BCUT2D eigenvalue weighted by molar-refractivity contribution is 5.84. The molecule has 3 aliphatic carbocycles. The van der Waals surface area contributed by atoms with Crippen molar-refractivity contribution in [1.29, 1.82) is 0 Å². The highest BCUT2D eigenvalue weighted by atomic mass is 16.6. The molecule has 4 rings (SSSR count). The molecular formula is C33H49N3O6. The second kappa shape index (κ2) is 14.9. The highest BCUT2D eigenvalue weighted by Crippen LogP contribution is 2.31. The van der Waals surface area contributed by atoms with Crippen molar-refractivity contribution in [2.45, 2.75) is 128 Å².